The minimum atomic E-state index is 0.664. The highest BCUT2D eigenvalue weighted by Gasteiger charge is 2.23. The number of unbranched alkanes of at least 4 members (excludes halogenated alkanes) is 1. The first kappa shape index (κ1) is 14.3. The number of rotatable bonds is 6. The van der Waals surface area contributed by atoms with Crippen molar-refractivity contribution in [3.63, 3.8) is 0 Å². The fourth-order valence-electron chi connectivity index (χ4n) is 2.98. The van der Waals surface area contributed by atoms with E-state index in [0.717, 1.165) is 12.5 Å². The summed E-state index contributed by atoms with van der Waals surface area (Å²) in [5.41, 5.74) is 2.95. The van der Waals surface area contributed by atoms with E-state index in [1.54, 1.807) is 5.57 Å². The van der Waals surface area contributed by atoms with Crippen molar-refractivity contribution >= 4 is 0 Å². The fraction of sp³-hybridized carbons (Fsp3) is 0.556. The van der Waals surface area contributed by atoms with Gasteiger partial charge in [-0.2, -0.15) is 0 Å². The lowest BCUT2D eigenvalue weighted by molar-refractivity contribution is 0.310. The van der Waals surface area contributed by atoms with E-state index in [4.69, 9.17) is 0 Å². The molecule has 0 saturated carbocycles. The van der Waals surface area contributed by atoms with Gasteiger partial charge in [0.2, 0.25) is 0 Å². The molecule has 0 saturated heterocycles. The molecule has 0 heterocycles. The van der Waals surface area contributed by atoms with E-state index < -0.39 is 0 Å². The maximum Gasteiger partial charge on any atom is 0.0208 e. The second-order valence-corrected chi connectivity index (χ2v) is 5.87. The standard InChI is InChI=1S/C18H27N/c1-3-4-10-17-12-11-15(2)13-18(17)19-14-16-8-6-5-7-9-16/h5-9,11,17-19H,3-4,10,12-14H2,1-2H3/t17-,18-/m1/s1. The van der Waals surface area contributed by atoms with Crippen LogP contribution < -0.4 is 5.32 Å². The highest BCUT2D eigenvalue weighted by atomic mass is 14.9. The third-order valence-electron chi connectivity index (χ3n) is 4.22. The Bertz CT molecular complexity index is 393. The Balaban J connectivity index is 1.90. The molecule has 1 aromatic carbocycles. The number of hydrogen-bond donors (Lipinski definition) is 1. The molecule has 1 heteroatoms. The lowest BCUT2D eigenvalue weighted by atomic mass is 9.82. The summed E-state index contributed by atoms with van der Waals surface area (Å²) in [6.45, 7) is 5.56. The van der Waals surface area contributed by atoms with Gasteiger partial charge in [-0.15, -0.1) is 0 Å². The Hall–Kier alpha value is -1.08. The summed E-state index contributed by atoms with van der Waals surface area (Å²) in [6.07, 6.45) is 8.97. The van der Waals surface area contributed by atoms with Crippen LogP contribution in [0.3, 0.4) is 0 Å². The van der Waals surface area contributed by atoms with Crippen LogP contribution in [0.5, 0.6) is 0 Å². The Morgan fingerprint density at radius 1 is 1.21 bits per heavy atom. The van der Waals surface area contributed by atoms with Crippen LogP contribution in [0.4, 0.5) is 0 Å². The molecule has 0 aliphatic heterocycles. The zero-order valence-electron chi connectivity index (χ0n) is 12.4. The quantitative estimate of drug-likeness (QED) is 0.729. The SMILES string of the molecule is CCCC[C@@H]1CC=C(C)C[C@H]1NCc1ccccc1. The van der Waals surface area contributed by atoms with Gasteiger partial charge in [0.25, 0.3) is 0 Å². The van der Waals surface area contributed by atoms with Crippen LogP contribution >= 0.6 is 0 Å². The van der Waals surface area contributed by atoms with E-state index in [-0.39, 0.29) is 0 Å². The number of nitrogens with one attached hydrogen (secondary N) is 1. The van der Waals surface area contributed by atoms with Gasteiger partial charge in [-0.05, 0) is 37.7 Å². The molecule has 104 valence electrons. The van der Waals surface area contributed by atoms with Crippen molar-refractivity contribution in [2.45, 2.75) is 58.5 Å². The lowest BCUT2D eigenvalue weighted by Crippen LogP contribution is -2.37. The zero-order chi connectivity index (χ0) is 13.5. The third kappa shape index (κ3) is 4.50. The first-order valence-electron chi connectivity index (χ1n) is 7.72. The first-order chi connectivity index (χ1) is 9.29. The summed E-state index contributed by atoms with van der Waals surface area (Å²) in [6, 6.07) is 11.4. The summed E-state index contributed by atoms with van der Waals surface area (Å²) < 4.78 is 0. The molecule has 0 unspecified atom stereocenters. The summed E-state index contributed by atoms with van der Waals surface area (Å²) in [5.74, 6) is 0.826. The van der Waals surface area contributed by atoms with Crippen LogP contribution in [0.15, 0.2) is 42.0 Å². The molecule has 1 aliphatic rings. The van der Waals surface area contributed by atoms with Gasteiger partial charge in [-0.25, -0.2) is 0 Å². The van der Waals surface area contributed by atoms with Gasteiger partial charge in [0.1, 0.15) is 0 Å². The molecular formula is C18H27N. The fourth-order valence-corrected chi connectivity index (χ4v) is 2.98. The topological polar surface area (TPSA) is 12.0 Å². The predicted molar refractivity (Wildman–Crippen MR) is 83.1 cm³/mol. The Labute approximate surface area is 118 Å². The Morgan fingerprint density at radius 3 is 2.74 bits per heavy atom. The monoisotopic (exact) mass is 257 g/mol. The molecule has 0 spiro atoms. The zero-order valence-corrected chi connectivity index (χ0v) is 12.4. The molecule has 1 aromatic rings. The molecule has 1 nitrogen and oxygen atoms in total. The van der Waals surface area contributed by atoms with Crippen molar-refractivity contribution in [1.82, 2.24) is 5.32 Å². The van der Waals surface area contributed by atoms with Gasteiger partial charge < -0.3 is 5.32 Å². The van der Waals surface area contributed by atoms with Crippen LogP contribution in [-0.2, 0) is 6.54 Å². The maximum absolute atomic E-state index is 3.79. The maximum atomic E-state index is 3.79. The predicted octanol–water partition coefficient (Wildman–Crippen LogP) is 4.69. The van der Waals surface area contributed by atoms with Gasteiger partial charge in [0.15, 0.2) is 0 Å². The van der Waals surface area contributed by atoms with Crippen molar-refractivity contribution < 1.29 is 0 Å². The van der Waals surface area contributed by atoms with Crippen molar-refractivity contribution in [2.75, 3.05) is 0 Å². The summed E-state index contributed by atoms with van der Waals surface area (Å²) in [5, 5.41) is 3.79. The van der Waals surface area contributed by atoms with E-state index >= 15 is 0 Å². The first-order valence-corrected chi connectivity index (χ1v) is 7.72. The average molecular weight is 257 g/mol. The molecule has 2 atom stereocenters. The molecule has 19 heavy (non-hydrogen) atoms. The van der Waals surface area contributed by atoms with E-state index in [9.17, 15) is 0 Å². The van der Waals surface area contributed by atoms with Crippen molar-refractivity contribution in [3.8, 4) is 0 Å². The average Bonchev–Trinajstić information content (AvgIpc) is 2.45. The van der Waals surface area contributed by atoms with Gasteiger partial charge in [0, 0.05) is 12.6 Å². The van der Waals surface area contributed by atoms with Crippen LogP contribution in [-0.4, -0.2) is 6.04 Å². The van der Waals surface area contributed by atoms with Crippen LogP contribution in [0.1, 0.15) is 51.5 Å². The molecule has 0 fully saturated rings. The van der Waals surface area contributed by atoms with Crippen LogP contribution in [0, 0.1) is 5.92 Å². The minimum absolute atomic E-state index is 0.664. The largest absolute Gasteiger partial charge is 0.309 e. The van der Waals surface area contributed by atoms with Gasteiger partial charge in [0.05, 0.1) is 0 Å². The van der Waals surface area contributed by atoms with E-state index in [2.05, 4.69) is 55.6 Å². The molecule has 0 aromatic heterocycles. The van der Waals surface area contributed by atoms with Crippen LogP contribution in [0.25, 0.3) is 0 Å². The lowest BCUT2D eigenvalue weighted by Gasteiger charge is -2.31. The normalized spacial score (nSPS) is 23.2. The van der Waals surface area contributed by atoms with Crippen molar-refractivity contribution in [3.05, 3.63) is 47.5 Å². The number of benzene rings is 1. The summed E-state index contributed by atoms with van der Waals surface area (Å²) in [7, 11) is 0. The summed E-state index contributed by atoms with van der Waals surface area (Å²) >= 11 is 0. The highest BCUT2D eigenvalue weighted by molar-refractivity contribution is 5.15. The molecular weight excluding hydrogens is 230 g/mol. The smallest absolute Gasteiger partial charge is 0.0208 e. The second-order valence-electron chi connectivity index (χ2n) is 5.87. The van der Waals surface area contributed by atoms with E-state index in [1.807, 2.05) is 0 Å². The minimum Gasteiger partial charge on any atom is -0.309 e. The van der Waals surface area contributed by atoms with Gasteiger partial charge >= 0.3 is 0 Å². The Kier molecular flexibility index (Phi) is 5.65. The molecule has 1 aliphatic carbocycles. The van der Waals surface area contributed by atoms with E-state index in [0.29, 0.717) is 6.04 Å². The number of hydrogen-bond acceptors (Lipinski definition) is 1. The third-order valence-corrected chi connectivity index (χ3v) is 4.22. The van der Waals surface area contributed by atoms with Gasteiger partial charge in [-0.1, -0.05) is 61.7 Å². The number of allylic oxidation sites excluding steroid dienone is 1. The molecule has 0 bridgehead atoms. The molecule has 0 amide bonds. The highest BCUT2D eigenvalue weighted by Crippen LogP contribution is 2.28. The van der Waals surface area contributed by atoms with Gasteiger partial charge in [-0.3, -0.25) is 0 Å². The van der Waals surface area contributed by atoms with Crippen molar-refractivity contribution in [1.29, 1.82) is 0 Å². The second kappa shape index (κ2) is 7.49. The van der Waals surface area contributed by atoms with Crippen molar-refractivity contribution in [2.24, 2.45) is 5.92 Å². The van der Waals surface area contributed by atoms with Crippen LogP contribution in [0.2, 0.25) is 0 Å². The summed E-state index contributed by atoms with van der Waals surface area (Å²) in [4.78, 5) is 0. The molecule has 1 N–H and O–H groups in total. The molecule has 2 rings (SSSR count). The Morgan fingerprint density at radius 2 is 2.00 bits per heavy atom. The van der Waals surface area contributed by atoms with E-state index in [1.165, 1.54) is 37.7 Å². The molecule has 0 radical (unpaired) electrons.